The summed E-state index contributed by atoms with van der Waals surface area (Å²) < 4.78 is 0. The Balaban J connectivity index is 1.15. The van der Waals surface area contributed by atoms with E-state index >= 15 is 0 Å². The van der Waals surface area contributed by atoms with Crippen LogP contribution in [0.5, 0.6) is 0 Å². The van der Waals surface area contributed by atoms with Crippen LogP contribution < -0.4 is 0 Å². The molecule has 0 N–H and O–H groups in total. The fraction of sp³-hybridized carbons (Fsp3) is 0.520. The third kappa shape index (κ3) is 5.67. The summed E-state index contributed by atoms with van der Waals surface area (Å²) in [5, 5.41) is 8.69. The maximum absolute atomic E-state index is 12.8. The zero-order valence-electron chi connectivity index (χ0n) is 19.7. The van der Waals surface area contributed by atoms with Crippen LogP contribution in [0.4, 0.5) is 0 Å². The van der Waals surface area contributed by atoms with Crippen LogP contribution in [-0.2, 0) is 14.4 Å². The smallest absolute Gasteiger partial charge is 0.242 e. The molecule has 7 nitrogen and oxygen atoms in total. The van der Waals surface area contributed by atoms with E-state index in [2.05, 4.69) is 5.16 Å². The van der Waals surface area contributed by atoms with E-state index in [1.807, 2.05) is 10.3 Å². The van der Waals surface area contributed by atoms with Crippen molar-refractivity contribution in [2.24, 2.45) is 5.16 Å². The molecule has 0 aliphatic carbocycles. The van der Waals surface area contributed by atoms with Crippen LogP contribution in [0.25, 0.3) is 0 Å². The average Bonchev–Trinajstić information content (AvgIpc) is 3.48. The van der Waals surface area contributed by atoms with Crippen molar-refractivity contribution < 1.29 is 14.4 Å². The van der Waals surface area contributed by atoms with Gasteiger partial charge in [0.2, 0.25) is 11.8 Å². The van der Waals surface area contributed by atoms with Crippen molar-refractivity contribution in [3.05, 3.63) is 48.8 Å². The van der Waals surface area contributed by atoms with Crippen molar-refractivity contribution in [2.45, 2.75) is 57.0 Å². The first-order valence-corrected chi connectivity index (χ1v) is 14.3. The number of carbonyl (C=O) groups excluding carboxylic acids is 2. The van der Waals surface area contributed by atoms with E-state index in [9.17, 15) is 9.59 Å². The molecule has 36 heavy (non-hydrogen) atoms. The Bertz CT molecular complexity index is 1160. The third-order valence-electron chi connectivity index (χ3n) is 7.05. The molecule has 192 valence electrons. The minimum Gasteiger partial charge on any atom is -0.387 e. The number of amides is 2. The van der Waals surface area contributed by atoms with Gasteiger partial charge in [0, 0.05) is 54.4 Å². The van der Waals surface area contributed by atoms with E-state index in [0.29, 0.717) is 59.0 Å². The number of hydrogen-bond donors (Lipinski definition) is 0. The Hall–Kier alpha value is -1.87. The second-order valence-electron chi connectivity index (χ2n) is 9.47. The zero-order chi connectivity index (χ0) is 25.2. The molecule has 11 heteroatoms. The number of piperidine rings is 1. The molecule has 2 fully saturated rings. The quantitative estimate of drug-likeness (QED) is 0.438. The van der Waals surface area contributed by atoms with Gasteiger partial charge in [0.1, 0.15) is 5.71 Å². The number of nitrogens with zero attached hydrogens (tertiary/aromatic N) is 4. The number of hydrogen-bond acceptors (Lipinski definition) is 6. The number of oxime groups is 1. The third-order valence-corrected chi connectivity index (χ3v) is 8.90. The maximum atomic E-state index is 12.8. The number of benzene rings is 1. The van der Waals surface area contributed by atoms with E-state index < -0.39 is 0 Å². The first-order chi connectivity index (χ1) is 17.4. The number of carbonyl (C=O) groups is 2. The standard InChI is InChI=1S/C25H27Cl3N4O3S/c26-16-10-17(27)24(18(28)11-16)21-12-19(30-35-21)20-14-36-25(29-20)15-5-8-31(9-6-15)23(34)13-32-7-3-1-2-4-22(32)33/h10-11,14-15,21H,1-9,12-13H2/t21-/m1/s1. The topological polar surface area (TPSA) is 75.1 Å². The van der Waals surface area contributed by atoms with Gasteiger partial charge < -0.3 is 14.6 Å². The highest BCUT2D eigenvalue weighted by atomic mass is 35.5. The molecule has 2 saturated heterocycles. The van der Waals surface area contributed by atoms with Crippen LogP contribution in [-0.4, -0.2) is 58.5 Å². The van der Waals surface area contributed by atoms with Gasteiger partial charge in [0.15, 0.2) is 6.10 Å². The predicted octanol–water partition coefficient (Wildman–Crippen LogP) is 6.08. The summed E-state index contributed by atoms with van der Waals surface area (Å²) in [6.07, 6.45) is 5.36. The lowest BCUT2D eigenvalue weighted by atomic mass is 9.97. The monoisotopic (exact) mass is 568 g/mol. The lowest BCUT2D eigenvalue weighted by Crippen LogP contribution is -2.45. The highest BCUT2D eigenvalue weighted by Gasteiger charge is 2.31. The van der Waals surface area contributed by atoms with Gasteiger partial charge in [-0.2, -0.15) is 0 Å². The van der Waals surface area contributed by atoms with Crippen molar-refractivity contribution >= 4 is 63.7 Å². The van der Waals surface area contributed by atoms with Gasteiger partial charge in [-0.05, 0) is 37.8 Å². The molecular formula is C25H27Cl3N4O3S. The maximum Gasteiger partial charge on any atom is 0.242 e. The summed E-state index contributed by atoms with van der Waals surface area (Å²) in [5.41, 5.74) is 2.24. The van der Waals surface area contributed by atoms with Gasteiger partial charge in [-0.25, -0.2) is 4.98 Å². The Kier molecular flexibility index (Phi) is 8.05. The molecule has 4 heterocycles. The van der Waals surface area contributed by atoms with Gasteiger partial charge in [0.25, 0.3) is 0 Å². The molecule has 0 unspecified atom stereocenters. The Labute approximate surface area is 229 Å². The minimum absolute atomic E-state index is 0.0477. The normalized spacial score (nSPS) is 21.4. The average molecular weight is 570 g/mol. The predicted molar refractivity (Wildman–Crippen MR) is 142 cm³/mol. The van der Waals surface area contributed by atoms with Crippen molar-refractivity contribution in [1.29, 1.82) is 0 Å². The van der Waals surface area contributed by atoms with Crippen LogP contribution in [0.1, 0.15) is 73.2 Å². The van der Waals surface area contributed by atoms with E-state index in [-0.39, 0.29) is 24.5 Å². The molecule has 3 aliphatic rings. The van der Waals surface area contributed by atoms with Crippen molar-refractivity contribution in [1.82, 2.24) is 14.8 Å². The second-order valence-corrected chi connectivity index (χ2v) is 11.6. The number of halogens is 3. The fourth-order valence-corrected chi connectivity index (χ4v) is 7.06. The molecular weight excluding hydrogens is 543 g/mol. The van der Waals surface area contributed by atoms with Crippen LogP contribution in [0.15, 0.2) is 22.7 Å². The van der Waals surface area contributed by atoms with Crippen LogP contribution in [0.3, 0.4) is 0 Å². The van der Waals surface area contributed by atoms with Crippen molar-refractivity contribution in [3.63, 3.8) is 0 Å². The summed E-state index contributed by atoms with van der Waals surface area (Å²) in [7, 11) is 0. The van der Waals surface area contributed by atoms with Crippen molar-refractivity contribution in [3.8, 4) is 0 Å². The van der Waals surface area contributed by atoms with Crippen LogP contribution in [0, 0.1) is 0 Å². The first kappa shape index (κ1) is 25.8. The molecule has 1 aromatic heterocycles. The molecule has 0 bridgehead atoms. The van der Waals surface area contributed by atoms with E-state index in [1.54, 1.807) is 28.4 Å². The molecule has 0 spiro atoms. The minimum atomic E-state index is -0.382. The number of thiazole rings is 1. The van der Waals surface area contributed by atoms with Crippen LogP contribution >= 0.6 is 46.1 Å². The lowest BCUT2D eigenvalue weighted by molar-refractivity contribution is -0.140. The Morgan fingerprint density at radius 1 is 1.08 bits per heavy atom. The van der Waals surface area contributed by atoms with E-state index in [0.717, 1.165) is 48.5 Å². The molecule has 0 radical (unpaired) electrons. The Morgan fingerprint density at radius 2 is 1.83 bits per heavy atom. The molecule has 3 aliphatic heterocycles. The summed E-state index contributed by atoms with van der Waals surface area (Å²) in [6.45, 7) is 2.25. The molecule has 0 saturated carbocycles. The van der Waals surface area contributed by atoms with Gasteiger partial charge in [-0.3, -0.25) is 9.59 Å². The number of rotatable bonds is 5. The van der Waals surface area contributed by atoms with Crippen molar-refractivity contribution in [2.75, 3.05) is 26.2 Å². The summed E-state index contributed by atoms with van der Waals surface area (Å²) in [6, 6.07) is 3.30. The van der Waals surface area contributed by atoms with Crippen LogP contribution in [0.2, 0.25) is 15.1 Å². The Morgan fingerprint density at radius 3 is 2.58 bits per heavy atom. The second kappa shape index (κ2) is 11.3. The summed E-state index contributed by atoms with van der Waals surface area (Å²) in [5.74, 6) is 0.450. The fourth-order valence-electron chi connectivity index (χ4n) is 5.00. The zero-order valence-corrected chi connectivity index (χ0v) is 22.8. The number of aromatic nitrogens is 1. The molecule has 2 aromatic rings. The number of likely N-dealkylation sites (tertiary alicyclic amines) is 2. The molecule has 5 rings (SSSR count). The molecule has 2 amide bonds. The highest BCUT2D eigenvalue weighted by Crippen LogP contribution is 2.40. The summed E-state index contributed by atoms with van der Waals surface area (Å²) in [4.78, 5) is 39.2. The van der Waals surface area contributed by atoms with E-state index in [1.165, 1.54) is 0 Å². The van der Waals surface area contributed by atoms with Gasteiger partial charge >= 0.3 is 0 Å². The largest absolute Gasteiger partial charge is 0.387 e. The SMILES string of the molecule is O=C(CN1CCCCCC1=O)N1CCC(c2nc(C3=NO[C@@H](c4c(Cl)cc(Cl)cc4Cl)C3)cs2)CC1. The highest BCUT2D eigenvalue weighted by molar-refractivity contribution is 7.10. The van der Waals surface area contributed by atoms with Gasteiger partial charge in [-0.15, -0.1) is 11.3 Å². The summed E-state index contributed by atoms with van der Waals surface area (Å²) >= 11 is 20.4. The van der Waals surface area contributed by atoms with Gasteiger partial charge in [0.05, 0.1) is 27.3 Å². The molecule has 1 aromatic carbocycles. The van der Waals surface area contributed by atoms with E-state index in [4.69, 9.17) is 44.6 Å². The molecule has 1 atom stereocenters. The first-order valence-electron chi connectivity index (χ1n) is 12.3. The van der Waals surface area contributed by atoms with Gasteiger partial charge in [-0.1, -0.05) is 46.4 Å². The lowest BCUT2D eigenvalue weighted by Gasteiger charge is -2.32.